The second-order valence-electron chi connectivity index (χ2n) is 10.4. The van der Waals surface area contributed by atoms with Gasteiger partial charge in [0.25, 0.3) is 0 Å². The third-order valence-corrected chi connectivity index (χ3v) is 8.81. The lowest BCUT2D eigenvalue weighted by molar-refractivity contribution is -0.576. The molecular formula is C33H25N3O3S. The maximum absolute atomic E-state index is 10.8. The van der Waals surface area contributed by atoms with Crippen LogP contribution in [0.3, 0.4) is 0 Å². The van der Waals surface area contributed by atoms with E-state index < -0.39 is 10.1 Å². The van der Waals surface area contributed by atoms with Gasteiger partial charge in [0.2, 0.25) is 11.7 Å². The first kappa shape index (κ1) is 24.5. The SMILES string of the molecule is Cc1cc(C)c(S(=O)(=O)[O-])c(C)c1.c1ccc2c(c1)nc1cc[n+]3[nH]c4c(cc3c12)c1cccc2cccc4c21. The molecule has 40 heavy (non-hydrogen) atoms. The highest BCUT2D eigenvalue weighted by Gasteiger charge is 2.19. The maximum Gasteiger partial charge on any atom is 0.246 e. The van der Waals surface area contributed by atoms with Crippen LogP contribution in [0.4, 0.5) is 0 Å². The molecular weight excluding hydrogens is 518 g/mol. The fraction of sp³-hybridized carbons (Fsp3) is 0.0909. The highest BCUT2D eigenvalue weighted by molar-refractivity contribution is 7.85. The Hall–Kier alpha value is -4.59. The molecule has 0 aliphatic carbocycles. The number of benzene rings is 4. The minimum atomic E-state index is -4.33. The second kappa shape index (κ2) is 8.71. The molecule has 3 heterocycles. The van der Waals surface area contributed by atoms with E-state index in [9.17, 15) is 13.0 Å². The molecule has 0 saturated carbocycles. The fourth-order valence-corrected chi connectivity index (χ4v) is 7.13. The Morgan fingerprint density at radius 3 is 2.12 bits per heavy atom. The highest BCUT2D eigenvalue weighted by Crippen LogP contribution is 2.38. The lowest BCUT2D eigenvalue weighted by Crippen LogP contribution is -2.25. The largest absolute Gasteiger partial charge is 0.744 e. The summed E-state index contributed by atoms with van der Waals surface area (Å²) in [6.07, 6.45) is 2.08. The van der Waals surface area contributed by atoms with Crippen LogP contribution in [0.5, 0.6) is 0 Å². The Balaban J connectivity index is 0.000000174. The minimum absolute atomic E-state index is 0.0851. The Kier molecular flexibility index (Phi) is 5.32. The third-order valence-electron chi connectivity index (χ3n) is 7.67. The quantitative estimate of drug-likeness (QED) is 0.181. The van der Waals surface area contributed by atoms with Crippen molar-refractivity contribution in [3.05, 3.63) is 108 Å². The van der Waals surface area contributed by atoms with E-state index in [0.29, 0.717) is 11.1 Å². The zero-order valence-electron chi connectivity index (χ0n) is 22.2. The van der Waals surface area contributed by atoms with Gasteiger partial charge in [0.1, 0.15) is 15.6 Å². The van der Waals surface area contributed by atoms with Gasteiger partial charge in [-0.05, 0) is 54.1 Å². The van der Waals surface area contributed by atoms with Gasteiger partial charge in [-0.3, -0.25) is 0 Å². The standard InChI is InChI=1S/C24H13N3.C9H12O3S/c1-2-10-19-16(7-1)23-20(25-19)11-12-27-21(23)13-18-15-8-3-5-14-6-4-9-17(22(14)15)24(18)26-27;1-6-4-7(2)9(8(3)5-6)13(10,11)12/h1-13H;4-5H,1-3H3,(H,10,11,12). The molecule has 3 aromatic heterocycles. The molecule has 8 rings (SSSR count). The van der Waals surface area contributed by atoms with E-state index in [0.717, 1.165) is 22.1 Å². The molecule has 8 aromatic rings. The van der Waals surface area contributed by atoms with E-state index in [1.54, 1.807) is 26.0 Å². The number of hydrogen-bond donors (Lipinski definition) is 1. The van der Waals surface area contributed by atoms with Gasteiger partial charge in [0.15, 0.2) is 0 Å². The third kappa shape index (κ3) is 3.70. The van der Waals surface area contributed by atoms with E-state index >= 15 is 0 Å². The summed E-state index contributed by atoms with van der Waals surface area (Å²) in [5.74, 6) is 0. The van der Waals surface area contributed by atoms with Gasteiger partial charge >= 0.3 is 0 Å². The fourth-order valence-electron chi connectivity index (χ4n) is 6.22. The molecule has 0 aliphatic heterocycles. The number of H-pyrrole nitrogens is 1. The number of aryl methyl sites for hydroxylation is 3. The lowest BCUT2D eigenvalue weighted by Gasteiger charge is -2.14. The van der Waals surface area contributed by atoms with Crippen molar-refractivity contribution in [3.63, 3.8) is 0 Å². The van der Waals surface area contributed by atoms with Crippen LogP contribution in [0.15, 0.2) is 96.0 Å². The van der Waals surface area contributed by atoms with Crippen molar-refractivity contribution in [1.29, 1.82) is 0 Å². The first-order chi connectivity index (χ1) is 19.2. The number of nitrogens with zero attached hydrogens (tertiary/aromatic N) is 2. The van der Waals surface area contributed by atoms with Gasteiger partial charge < -0.3 is 4.55 Å². The molecule has 0 atom stereocenters. The van der Waals surface area contributed by atoms with Crippen LogP contribution in [0.2, 0.25) is 0 Å². The molecule has 196 valence electrons. The van der Waals surface area contributed by atoms with Gasteiger partial charge in [-0.1, -0.05) is 76.8 Å². The van der Waals surface area contributed by atoms with Crippen LogP contribution in [-0.4, -0.2) is 23.1 Å². The summed E-state index contributed by atoms with van der Waals surface area (Å²) < 4.78 is 34.6. The topological polar surface area (TPSA) is 90.0 Å². The van der Waals surface area contributed by atoms with Gasteiger partial charge in [-0.15, -0.1) is 0 Å². The number of nitrogens with one attached hydrogen (secondary N) is 1. The Morgan fingerprint density at radius 1 is 0.725 bits per heavy atom. The van der Waals surface area contributed by atoms with Gasteiger partial charge in [0, 0.05) is 28.3 Å². The summed E-state index contributed by atoms with van der Waals surface area (Å²) >= 11 is 0. The molecule has 6 nitrogen and oxygen atoms in total. The zero-order valence-corrected chi connectivity index (χ0v) is 23.0. The lowest BCUT2D eigenvalue weighted by atomic mass is 10.1. The number of pyridine rings is 1. The molecule has 1 N–H and O–H groups in total. The van der Waals surface area contributed by atoms with Crippen molar-refractivity contribution < 1.29 is 17.5 Å². The van der Waals surface area contributed by atoms with Crippen molar-refractivity contribution in [2.75, 3.05) is 0 Å². The molecule has 0 fully saturated rings. The van der Waals surface area contributed by atoms with Gasteiger partial charge in [0.05, 0.1) is 21.3 Å². The van der Waals surface area contributed by atoms with Crippen LogP contribution in [0.1, 0.15) is 16.7 Å². The predicted octanol–water partition coefficient (Wildman–Crippen LogP) is 6.87. The van der Waals surface area contributed by atoms with E-state index in [1.165, 1.54) is 43.2 Å². The van der Waals surface area contributed by atoms with Crippen LogP contribution in [0, 0.1) is 20.8 Å². The van der Waals surface area contributed by atoms with Crippen molar-refractivity contribution in [2.24, 2.45) is 0 Å². The number of aromatic nitrogens is 3. The average Bonchev–Trinajstić information content (AvgIpc) is 3.44. The summed E-state index contributed by atoms with van der Waals surface area (Å²) in [5.41, 5.74) is 6.43. The molecule has 0 spiro atoms. The number of fused-ring (bicyclic) bond motifs is 8. The van der Waals surface area contributed by atoms with Crippen LogP contribution in [0.25, 0.3) is 59.8 Å². The molecule has 0 amide bonds. The number of aromatic amines is 1. The normalized spacial score (nSPS) is 12.2. The summed E-state index contributed by atoms with van der Waals surface area (Å²) in [6, 6.07) is 29.3. The number of hydrogen-bond acceptors (Lipinski definition) is 4. The molecule has 0 radical (unpaired) electrons. The van der Waals surface area contributed by atoms with Crippen molar-refractivity contribution in [3.8, 4) is 0 Å². The summed E-state index contributed by atoms with van der Waals surface area (Å²) in [6.45, 7) is 5.12. The van der Waals surface area contributed by atoms with Crippen molar-refractivity contribution >= 4 is 69.9 Å². The number of para-hydroxylation sites is 1. The second-order valence-corrected chi connectivity index (χ2v) is 11.7. The molecule has 7 heteroatoms. The highest BCUT2D eigenvalue weighted by atomic mass is 32.2. The van der Waals surface area contributed by atoms with E-state index in [-0.39, 0.29) is 4.90 Å². The molecule has 0 bridgehead atoms. The summed E-state index contributed by atoms with van der Waals surface area (Å²) in [7, 11) is -4.33. The Bertz CT molecular complexity index is 2360. The van der Waals surface area contributed by atoms with Gasteiger partial charge in [-0.2, -0.15) is 5.10 Å². The first-order valence-electron chi connectivity index (χ1n) is 13.0. The molecule has 0 aliphatic rings. The number of rotatable bonds is 1. The smallest absolute Gasteiger partial charge is 0.246 e. The van der Waals surface area contributed by atoms with Crippen LogP contribution >= 0.6 is 0 Å². The first-order valence-corrected chi connectivity index (χ1v) is 14.4. The van der Waals surface area contributed by atoms with Gasteiger partial charge in [-0.25, -0.2) is 13.4 Å². The monoisotopic (exact) mass is 543 g/mol. The summed E-state index contributed by atoms with van der Waals surface area (Å²) in [5, 5.41) is 12.5. The predicted molar refractivity (Wildman–Crippen MR) is 159 cm³/mol. The van der Waals surface area contributed by atoms with Crippen LogP contribution < -0.4 is 4.52 Å². The Labute approximate surface area is 230 Å². The van der Waals surface area contributed by atoms with E-state index in [1.807, 2.05) is 13.0 Å². The van der Waals surface area contributed by atoms with E-state index in [2.05, 4.69) is 82.5 Å². The summed E-state index contributed by atoms with van der Waals surface area (Å²) in [4.78, 5) is 4.72. The van der Waals surface area contributed by atoms with E-state index in [4.69, 9.17) is 4.98 Å². The molecule has 0 saturated heterocycles. The minimum Gasteiger partial charge on any atom is -0.744 e. The average molecular weight is 544 g/mol. The van der Waals surface area contributed by atoms with Crippen molar-refractivity contribution in [2.45, 2.75) is 25.7 Å². The zero-order chi connectivity index (χ0) is 27.8. The van der Waals surface area contributed by atoms with Crippen LogP contribution in [-0.2, 0) is 10.1 Å². The molecule has 0 unspecified atom stereocenters. The van der Waals surface area contributed by atoms with Crippen molar-refractivity contribution in [1.82, 2.24) is 10.1 Å². The maximum atomic E-state index is 10.8. The molecule has 5 aromatic carbocycles. The Morgan fingerprint density at radius 2 is 1.40 bits per heavy atom.